The summed E-state index contributed by atoms with van der Waals surface area (Å²) < 4.78 is 0. The third-order valence-electron chi connectivity index (χ3n) is 2.83. The highest BCUT2D eigenvalue weighted by molar-refractivity contribution is 5.54. The molecule has 0 amide bonds. The highest BCUT2D eigenvalue weighted by Gasteiger charge is 2.09. The van der Waals surface area contributed by atoms with Crippen molar-refractivity contribution in [2.45, 2.75) is 27.7 Å². The van der Waals surface area contributed by atoms with Crippen LogP contribution in [0.3, 0.4) is 0 Å². The first-order valence-electron chi connectivity index (χ1n) is 5.50. The number of pyridine rings is 1. The van der Waals surface area contributed by atoms with Crippen LogP contribution in [0.25, 0.3) is 11.5 Å². The molecule has 0 saturated carbocycles. The zero-order valence-corrected chi connectivity index (χ0v) is 10.5. The lowest BCUT2D eigenvalue weighted by molar-refractivity contribution is 1.01. The van der Waals surface area contributed by atoms with Crippen molar-refractivity contribution in [3.05, 3.63) is 45.0 Å². The van der Waals surface area contributed by atoms with Crippen molar-refractivity contribution in [1.29, 1.82) is 0 Å². The predicted octanol–water partition coefficient (Wildman–Crippen LogP) is 2.07. The minimum absolute atomic E-state index is 0.103. The van der Waals surface area contributed by atoms with Gasteiger partial charge < -0.3 is 4.98 Å². The van der Waals surface area contributed by atoms with Gasteiger partial charge in [0.15, 0.2) is 5.82 Å². The average Bonchev–Trinajstić information content (AvgIpc) is 2.25. The summed E-state index contributed by atoms with van der Waals surface area (Å²) in [5, 5.41) is 0. The Morgan fingerprint density at radius 2 is 1.88 bits per heavy atom. The fourth-order valence-corrected chi connectivity index (χ4v) is 1.72. The van der Waals surface area contributed by atoms with E-state index in [1.807, 2.05) is 26.8 Å². The van der Waals surface area contributed by atoms with Crippen molar-refractivity contribution in [2.75, 3.05) is 0 Å². The van der Waals surface area contributed by atoms with E-state index in [-0.39, 0.29) is 5.56 Å². The van der Waals surface area contributed by atoms with Gasteiger partial charge in [-0.25, -0.2) is 4.98 Å². The van der Waals surface area contributed by atoms with E-state index < -0.39 is 0 Å². The van der Waals surface area contributed by atoms with Crippen LogP contribution in [0.1, 0.15) is 22.4 Å². The number of rotatable bonds is 1. The van der Waals surface area contributed by atoms with Crippen LogP contribution >= 0.6 is 0 Å². The molecule has 0 aliphatic heterocycles. The van der Waals surface area contributed by atoms with Gasteiger partial charge in [-0.3, -0.25) is 9.78 Å². The van der Waals surface area contributed by atoms with Gasteiger partial charge in [-0.15, -0.1) is 0 Å². The molecule has 2 rings (SSSR count). The largest absolute Gasteiger partial charge is 0.305 e. The molecule has 88 valence electrons. The molecule has 0 unspecified atom stereocenters. The molecule has 0 spiro atoms. The van der Waals surface area contributed by atoms with Crippen molar-refractivity contribution in [3.63, 3.8) is 0 Å². The van der Waals surface area contributed by atoms with Gasteiger partial charge in [0.1, 0.15) is 5.69 Å². The molecule has 0 aromatic carbocycles. The Kier molecular flexibility index (Phi) is 2.79. The lowest BCUT2D eigenvalue weighted by atomic mass is 10.1. The van der Waals surface area contributed by atoms with E-state index in [9.17, 15) is 4.79 Å². The molecule has 0 bridgehead atoms. The zero-order chi connectivity index (χ0) is 12.6. The van der Waals surface area contributed by atoms with Gasteiger partial charge in [0, 0.05) is 17.5 Å². The van der Waals surface area contributed by atoms with Crippen LogP contribution in [0.15, 0.2) is 17.1 Å². The van der Waals surface area contributed by atoms with Gasteiger partial charge >= 0.3 is 0 Å². The number of aromatic amines is 1. The summed E-state index contributed by atoms with van der Waals surface area (Å²) in [6, 6.07) is 2.03. The standard InChI is InChI=1S/C13H15N3O/c1-7-5-8(2)11(14-6-7)12-15-10(4)9(3)13(17)16-12/h5-6H,1-4H3,(H,15,16,17). The number of aryl methyl sites for hydroxylation is 3. The second kappa shape index (κ2) is 4.13. The Balaban J connectivity index is 2.65. The van der Waals surface area contributed by atoms with Crippen LogP contribution in [0.2, 0.25) is 0 Å². The molecule has 0 fully saturated rings. The Morgan fingerprint density at radius 3 is 2.47 bits per heavy atom. The molecule has 0 aliphatic carbocycles. The number of hydrogen-bond donors (Lipinski definition) is 1. The topological polar surface area (TPSA) is 58.6 Å². The van der Waals surface area contributed by atoms with Crippen LogP contribution in [-0.2, 0) is 0 Å². The number of hydrogen-bond acceptors (Lipinski definition) is 3. The van der Waals surface area contributed by atoms with E-state index in [2.05, 4.69) is 15.0 Å². The lowest BCUT2D eigenvalue weighted by Crippen LogP contribution is -2.15. The summed E-state index contributed by atoms with van der Waals surface area (Å²) in [6.45, 7) is 7.54. The number of aromatic nitrogens is 3. The third-order valence-corrected chi connectivity index (χ3v) is 2.83. The quantitative estimate of drug-likeness (QED) is 0.814. The minimum Gasteiger partial charge on any atom is -0.305 e. The van der Waals surface area contributed by atoms with Crippen LogP contribution in [0, 0.1) is 27.7 Å². The van der Waals surface area contributed by atoms with Crippen molar-refractivity contribution in [2.24, 2.45) is 0 Å². The Morgan fingerprint density at radius 1 is 1.18 bits per heavy atom. The first-order valence-corrected chi connectivity index (χ1v) is 5.50. The summed E-state index contributed by atoms with van der Waals surface area (Å²) in [5.74, 6) is 0.538. The second-order valence-electron chi connectivity index (χ2n) is 4.30. The summed E-state index contributed by atoms with van der Waals surface area (Å²) in [4.78, 5) is 23.2. The lowest BCUT2D eigenvalue weighted by Gasteiger charge is -2.06. The molecule has 2 aromatic rings. The monoisotopic (exact) mass is 229 g/mol. The molecule has 4 nitrogen and oxygen atoms in total. The molecular formula is C13H15N3O. The van der Waals surface area contributed by atoms with Gasteiger partial charge in [-0.2, -0.15) is 0 Å². The molecule has 0 atom stereocenters. The smallest absolute Gasteiger partial charge is 0.254 e. The summed E-state index contributed by atoms with van der Waals surface area (Å²) >= 11 is 0. The maximum absolute atomic E-state index is 11.7. The van der Waals surface area contributed by atoms with Crippen molar-refractivity contribution in [3.8, 4) is 11.5 Å². The van der Waals surface area contributed by atoms with Crippen molar-refractivity contribution >= 4 is 0 Å². The first kappa shape index (κ1) is 11.5. The van der Waals surface area contributed by atoms with Crippen LogP contribution in [0.4, 0.5) is 0 Å². The maximum Gasteiger partial charge on any atom is 0.254 e. The van der Waals surface area contributed by atoms with E-state index in [1.165, 1.54) is 0 Å². The summed E-state index contributed by atoms with van der Waals surface area (Å²) in [6.07, 6.45) is 1.78. The van der Waals surface area contributed by atoms with Gasteiger partial charge in [0.2, 0.25) is 0 Å². The van der Waals surface area contributed by atoms with Gasteiger partial charge in [0.05, 0.1) is 0 Å². The highest BCUT2D eigenvalue weighted by atomic mass is 16.1. The van der Waals surface area contributed by atoms with E-state index in [4.69, 9.17) is 0 Å². The zero-order valence-electron chi connectivity index (χ0n) is 10.5. The van der Waals surface area contributed by atoms with E-state index in [0.717, 1.165) is 22.5 Å². The highest BCUT2D eigenvalue weighted by Crippen LogP contribution is 2.17. The fraction of sp³-hybridized carbons (Fsp3) is 0.308. The number of H-pyrrole nitrogens is 1. The van der Waals surface area contributed by atoms with Gasteiger partial charge in [-0.1, -0.05) is 6.07 Å². The normalized spacial score (nSPS) is 10.6. The van der Waals surface area contributed by atoms with E-state index in [0.29, 0.717) is 11.4 Å². The molecule has 2 aromatic heterocycles. The molecule has 17 heavy (non-hydrogen) atoms. The molecule has 2 heterocycles. The van der Waals surface area contributed by atoms with E-state index >= 15 is 0 Å². The molecule has 0 aliphatic rings. The molecule has 0 radical (unpaired) electrons. The molecule has 0 saturated heterocycles. The Hall–Kier alpha value is -1.97. The van der Waals surface area contributed by atoms with Crippen molar-refractivity contribution < 1.29 is 0 Å². The van der Waals surface area contributed by atoms with Gasteiger partial charge in [0.25, 0.3) is 5.56 Å². The third kappa shape index (κ3) is 2.11. The minimum atomic E-state index is -0.103. The molecular weight excluding hydrogens is 214 g/mol. The van der Waals surface area contributed by atoms with Crippen molar-refractivity contribution in [1.82, 2.24) is 15.0 Å². The van der Waals surface area contributed by atoms with Crippen LogP contribution in [0.5, 0.6) is 0 Å². The van der Waals surface area contributed by atoms with E-state index in [1.54, 1.807) is 13.1 Å². The van der Waals surface area contributed by atoms with Gasteiger partial charge in [-0.05, 0) is 38.8 Å². The van der Waals surface area contributed by atoms with Crippen LogP contribution < -0.4 is 5.56 Å². The Labute approximate surface area is 99.8 Å². The number of nitrogens with one attached hydrogen (secondary N) is 1. The average molecular weight is 229 g/mol. The number of nitrogens with zero attached hydrogens (tertiary/aromatic N) is 2. The van der Waals surface area contributed by atoms with Crippen LogP contribution in [-0.4, -0.2) is 15.0 Å². The Bertz CT molecular complexity index is 629. The second-order valence-corrected chi connectivity index (χ2v) is 4.30. The first-order chi connectivity index (χ1) is 7.99. The SMILES string of the molecule is Cc1cnc(-c2nc(C)c(C)c(=O)[nH]2)c(C)c1. The maximum atomic E-state index is 11.7. The summed E-state index contributed by atoms with van der Waals surface area (Å²) in [5.41, 5.74) is 4.13. The fourth-order valence-electron chi connectivity index (χ4n) is 1.72. The predicted molar refractivity (Wildman–Crippen MR) is 67.0 cm³/mol. The summed E-state index contributed by atoms with van der Waals surface area (Å²) in [7, 11) is 0. The molecule has 4 heteroatoms. The molecule has 1 N–H and O–H groups in total.